The maximum Gasteiger partial charge on any atom is 0.195 e. The van der Waals surface area contributed by atoms with Gasteiger partial charge in [0.25, 0.3) is 0 Å². The van der Waals surface area contributed by atoms with E-state index in [9.17, 15) is 0 Å². The number of aromatic nitrogens is 3. The Balaban J connectivity index is 2.08. The molecular formula is C9H15N3O2S. The molecule has 1 unspecified atom stereocenters. The zero-order chi connectivity index (χ0) is 10.7. The van der Waals surface area contributed by atoms with Crippen molar-refractivity contribution in [2.75, 3.05) is 19.8 Å². The Morgan fingerprint density at radius 3 is 3.13 bits per heavy atom. The minimum absolute atomic E-state index is 0.0911. The number of rotatable bonds is 3. The van der Waals surface area contributed by atoms with Gasteiger partial charge in [0, 0.05) is 6.42 Å². The average Bonchev–Trinajstić information content (AvgIpc) is 2.62. The van der Waals surface area contributed by atoms with Crippen molar-refractivity contribution in [1.29, 1.82) is 0 Å². The predicted octanol–water partition coefficient (Wildman–Crippen LogP) is 0.918. The minimum Gasteiger partial charge on any atom is -0.376 e. The highest BCUT2D eigenvalue weighted by molar-refractivity contribution is 7.71. The lowest BCUT2D eigenvalue weighted by Crippen LogP contribution is -2.32. The van der Waals surface area contributed by atoms with Crippen LogP contribution in [0, 0.1) is 4.77 Å². The van der Waals surface area contributed by atoms with Gasteiger partial charge in [-0.15, -0.1) is 0 Å². The van der Waals surface area contributed by atoms with Crippen molar-refractivity contribution in [3.05, 3.63) is 10.6 Å². The Labute approximate surface area is 93.4 Å². The smallest absolute Gasteiger partial charge is 0.195 e. The molecule has 1 N–H and O–H groups in total. The lowest BCUT2D eigenvalue weighted by atomic mass is 10.3. The molecule has 84 valence electrons. The topological polar surface area (TPSA) is 52.1 Å². The van der Waals surface area contributed by atoms with Crippen LogP contribution in [-0.4, -0.2) is 40.7 Å². The van der Waals surface area contributed by atoms with Gasteiger partial charge in [-0.2, -0.15) is 5.10 Å². The third kappa shape index (κ3) is 2.45. The van der Waals surface area contributed by atoms with Crippen molar-refractivity contribution in [1.82, 2.24) is 14.8 Å². The first-order valence-corrected chi connectivity index (χ1v) is 5.55. The molecule has 15 heavy (non-hydrogen) atoms. The summed E-state index contributed by atoms with van der Waals surface area (Å²) >= 11 is 5.16. The number of aromatic amines is 1. The number of hydrogen-bond acceptors (Lipinski definition) is 4. The molecule has 1 atom stereocenters. The monoisotopic (exact) mass is 229 g/mol. The summed E-state index contributed by atoms with van der Waals surface area (Å²) in [7, 11) is 0. The molecule has 2 rings (SSSR count). The van der Waals surface area contributed by atoms with E-state index in [0.29, 0.717) is 24.6 Å². The van der Waals surface area contributed by atoms with Crippen molar-refractivity contribution >= 4 is 12.2 Å². The molecule has 0 amide bonds. The molecule has 0 aliphatic carbocycles. The summed E-state index contributed by atoms with van der Waals surface area (Å²) in [5.74, 6) is 0.967. The van der Waals surface area contributed by atoms with Crippen LogP contribution in [0.4, 0.5) is 0 Å². The molecule has 0 spiro atoms. The fraction of sp³-hybridized carbons (Fsp3) is 0.778. The van der Waals surface area contributed by atoms with Crippen LogP contribution >= 0.6 is 12.2 Å². The van der Waals surface area contributed by atoms with Gasteiger partial charge in [-0.05, 0) is 12.2 Å². The Morgan fingerprint density at radius 2 is 2.47 bits per heavy atom. The molecule has 5 nitrogen and oxygen atoms in total. The molecule has 0 bridgehead atoms. The van der Waals surface area contributed by atoms with Crippen molar-refractivity contribution in [3.8, 4) is 0 Å². The van der Waals surface area contributed by atoms with Gasteiger partial charge >= 0.3 is 0 Å². The summed E-state index contributed by atoms with van der Waals surface area (Å²) in [6.07, 6.45) is 0.953. The van der Waals surface area contributed by atoms with Crippen LogP contribution in [-0.2, 0) is 22.4 Å². The van der Waals surface area contributed by atoms with Gasteiger partial charge in [0.1, 0.15) is 5.82 Å². The van der Waals surface area contributed by atoms with Gasteiger partial charge in [-0.3, -0.25) is 5.10 Å². The number of H-pyrrole nitrogens is 1. The SMILES string of the molecule is CCc1n[nH]c(=S)n1CC1COCCO1. The zero-order valence-corrected chi connectivity index (χ0v) is 9.55. The lowest BCUT2D eigenvalue weighted by Gasteiger charge is -2.23. The van der Waals surface area contributed by atoms with Crippen LogP contribution in [0.2, 0.25) is 0 Å². The summed E-state index contributed by atoms with van der Waals surface area (Å²) in [6.45, 7) is 4.76. The van der Waals surface area contributed by atoms with E-state index in [4.69, 9.17) is 21.7 Å². The summed E-state index contributed by atoms with van der Waals surface area (Å²) in [6, 6.07) is 0. The molecule has 0 aromatic carbocycles. The molecule has 1 saturated heterocycles. The highest BCUT2D eigenvalue weighted by atomic mass is 32.1. The molecule has 0 saturated carbocycles. The number of nitrogens with zero attached hydrogens (tertiary/aromatic N) is 2. The molecule has 1 aromatic heterocycles. The second-order valence-corrected chi connectivity index (χ2v) is 3.86. The zero-order valence-electron chi connectivity index (χ0n) is 8.73. The van der Waals surface area contributed by atoms with E-state index in [1.165, 1.54) is 0 Å². The molecule has 1 aliphatic heterocycles. The molecule has 1 aromatic rings. The van der Waals surface area contributed by atoms with Crippen LogP contribution in [0.25, 0.3) is 0 Å². The standard InChI is InChI=1S/C9H15N3O2S/c1-2-8-10-11-9(15)12(8)5-7-6-13-3-4-14-7/h7H,2-6H2,1H3,(H,11,15). The highest BCUT2D eigenvalue weighted by Gasteiger charge is 2.16. The van der Waals surface area contributed by atoms with Crippen LogP contribution in [0.3, 0.4) is 0 Å². The minimum atomic E-state index is 0.0911. The summed E-state index contributed by atoms with van der Waals surface area (Å²) in [4.78, 5) is 0. The van der Waals surface area contributed by atoms with Gasteiger partial charge in [0.2, 0.25) is 0 Å². The first-order chi connectivity index (χ1) is 7.31. The van der Waals surface area contributed by atoms with Gasteiger partial charge < -0.3 is 14.0 Å². The Bertz CT molecular complexity index is 368. The van der Waals surface area contributed by atoms with Crippen molar-refractivity contribution in [3.63, 3.8) is 0 Å². The Hall–Kier alpha value is -0.720. The van der Waals surface area contributed by atoms with Crippen LogP contribution < -0.4 is 0 Å². The van der Waals surface area contributed by atoms with Crippen LogP contribution in [0.5, 0.6) is 0 Å². The molecule has 1 fully saturated rings. The van der Waals surface area contributed by atoms with Gasteiger partial charge in [-0.25, -0.2) is 0 Å². The summed E-state index contributed by atoms with van der Waals surface area (Å²) in [5.41, 5.74) is 0. The van der Waals surface area contributed by atoms with Crippen molar-refractivity contribution < 1.29 is 9.47 Å². The maximum absolute atomic E-state index is 5.57. The Morgan fingerprint density at radius 1 is 1.60 bits per heavy atom. The first-order valence-electron chi connectivity index (χ1n) is 5.14. The second kappa shape index (κ2) is 4.87. The number of ether oxygens (including phenoxy) is 2. The highest BCUT2D eigenvalue weighted by Crippen LogP contribution is 2.07. The van der Waals surface area contributed by atoms with E-state index >= 15 is 0 Å². The molecule has 6 heteroatoms. The van der Waals surface area contributed by atoms with Crippen molar-refractivity contribution in [2.24, 2.45) is 0 Å². The average molecular weight is 229 g/mol. The third-order valence-corrected chi connectivity index (χ3v) is 2.74. The number of nitrogens with one attached hydrogen (secondary N) is 1. The molecule has 0 radical (unpaired) electrons. The van der Waals surface area contributed by atoms with Gasteiger partial charge in [0.05, 0.1) is 32.5 Å². The third-order valence-electron chi connectivity index (χ3n) is 2.42. The summed E-state index contributed by atoms with van der Waals surface area (Å²) in [5, 5.41) is 6.95. The fourth-order valence-electron chi connectivity index (χ4n) is 1.65. The first kappa shape index (κ1) is 10.8. The predicted molar refractivity (Wildman–Crippen MR) is 57.3 cm³/mol. The molecule has 1 aliphatic rings. The molecular weight excluding hydrogens is 214 g/mol. The van der Waals surface area contributed by atoms with Gasteiger partial charge in [0.15, 0.2) is 4.77 Å². The normalized spacial score (nSPS) is 21.8. The quantitative estimate of drug-likeness (QED) is 0.783. The second-order valence-electron chi connectivity index (χ2n) is 3.48. The molecule has 2 heterocycles. The van der Waals surface area contributed by atoms with E-state index < -0.39 is 0 Å². The number of aryl methyl sites for hydroxylation is 1. The van der Waals surface area contributed by atoms with E-state index in [0.717, 1.165) is 18.8 Å². The Kier molecular flexibility index (Phi) is 3.50. The van der Waals surface area contributed by atoms with Crippen molar-refractivity contribution in [2.45, 2.75) is 26.0 Å². The lowest BCUT2D eigenvalue weighted by molar-refractivity contribution is -0.0939. The van der Waals surface area contributed by atoms with E-state index in [1.807, 2.05) is 4.57 Å². The van der Waals surface area contributed by atoms with E-state index in [2.05, 4.69) is 17.1 Å². The van der Waals surface area contributed by atoms with Crippen LogP contribution in [0.15, 0.2) is 0 Å². The van der Waals surface area contributed by atoms with E-state index in [-0.39, 0.29) is 6.10 Å². The number of hydrogen-bond donors (Lipinski definition) is 1. The summed E-state index contributed by atoms with van der Waals surface area (Å²) < 4.78 is 13.5. The van der Waals surface area contributed by atoms with Gasteiger partial charge in [-0.1, -0.05) is 6.92 Å². The van der Waals surface area contributed by atoms with E-state index in [1.54, 1.807) is 0 Å². The largest absolute Gasteiger partial charge is 0.376 e. The fourth-order valence-corrected chi connectivity index (χ4v) is 1.88. The maximum atomic E-state index is 5.57. The van der Waals surface area contributed by atoms with Crippen LogP contribution in [0.1, 0.15) is 12.7 Å².